The number of esters is 1. The summed E-state index contributed by atoms with van der Waals surface area (Å²) in [5.41, 5.74) is 0.946. The number of benzene rings is 2. The third-order valence-corrected chi connectivity index (χ3v) is 4.66. The number of amides is 2. The zero-order valence-electron chi connectivity index (χ0n) is 17.6. The Labute approximate surface area is 182 Å². The van der Waals surface area contributed by atoms with Gasteiger partial charge >= 0.3 is 5.97 Å². The number of likely N-dealkylation sites (N-methyl/N-ethyl adjacent to an activating group) is 1. The Morgan fingerprint density at radius 2 is 1.60 bits per heavy atom. The average Bonchev–Trinajstić information content (AvgIpc) is 2.71. The second kappa shape index (κ2) is 10.8. The molecule has 0 aliphatic heterocycles. The smallest absolute Gasteiger partial charge is 0.329 e. The van der Waals surface area contributed by atoms with Crippen molar-refractivity contribution in [2.45, 2.75) is 32.4 Å². The second-order valence-corrected chi connectivity index (χ2v) is 8.06. The lowest BCUT2D eigenvalue weighted by atomic mass is 10.0. The van der Waals surface area contributed by atoms with E-state index in [0.717, 1.165) is 0 Å². The Hall–Kier alpha value is -2.86. The van der Waals surface area contributed by atoms with E-state index in [1.807, 2.05) is 19.9 Å². The highest BCUT2D eigenvalue weighted by Gasteiger charge is 2.31. The van der Waals surface area contributed by atoms with Crippen LogP contribution in [0.1, 0.15) is 42.3 Å². The normalized spacial score (nSPS) is 12.7. The van der Waals surface area contributed by atoms with Gasteiger partial charge in [-0.1, -0.05) is 55.8 Å². The monoisotopic (exact) mass is 430 g/mol. The van der Waals surface area contributed by atoms with Crippen molar-refractivity contribution in [1.82, 2.24) is 10.2 Å². The van der Waals surface area contributed by atoms with E-state index in [4.69, 9.17) is 16.3 Å². The van der Waals surface area contributed by atoms with E-state index < -0.39 is 24.0 Å². The van der Waals surface area contributed by atoms with Crippen LogP contribution in [0.3, 0.4) is 0 Å². The summed E-state index contributed by atoms with van der Waals surface area (Å²) in [6, 6.07) is 14.3. The van der Waals surface area contributed by atoms with Gasteiger partial charge in [0.05, 0.1) is 0 Å². The summed E-state index contributed by atoms with van der Waals surface area (Å²) in [6.07, 6.45) is -0.716. The fourth-order valence-electron chi connectivity index (χ4n) is 2.85. The van der Waals surface area contributed by atoms with Crippen LogP contribution in [-0.2, 0) is 14.3 Å². The predicted molar refractivity (Wildman–Crippen MR) is 116 cm³/mol. The van der Waals surface area contributed by atoms with Crippen LogP contribution in [0.25, 0.3) is 0 Å². The van der Waals surface area contributed by atoms with Crippen molar-refractivity contribution in [1.29, 1.82) is 0 Å². The lowest BCUT2D eigenvalue weighted by Crippen LogP contribution is -2.44. The SMILES string of the molecule is CC(C)CC(NC(=O)c1ccc(Cl)cc1)C(=O)OC(C(=O)N(C)C)c1ccccc1. The van der Waals surface area contributed by atoms with Crippen molar-refractivity contribution >= 4 is 29.4 Å². The Bertz CT molecular complexity index is 867. The van der Waals surface area contributed by atoms with Gasteiger partial charge in [-0.3, -0.25) is 9.59 Å². The van der Waals surface area contributed by atoms with E-state index in [2.05, 4.69) is 5.32 Å². The van der Waals surface area contributed by atoms with Crippen molar-refractivity contribution < 1.29 is 19.1 Å². The summed E-state index contributed by atoms with van der Waals surface area (Å²) in [5, 5.41) is 3.24. The summed E-state index contributed by atoms with van der Waals surface area (Å²) in [7, 11) is 3.19. The molecule has 2 amide bonds. The fourth-order valence-corrected chi connectivity index (χ4v) is 2.98. The first-order valence-electron chi connectivity index (χ1n) is 9.72. The standard InChI is InChI=1S/C23H27ClN2O4/c1-15(2)14-19(25-21(27)17-10-12-18(24)13-11-17)23(29)30-20(22(28)26(3)4)16-8-6-5-7-9-16/h5-13,15,19-20H,14H2,1-4H3,(H,25,27). The summed E-state index contributed by atoms with van der Waals surface area (Å²) >= 11 is 5.87. The van der Waals surface area contributed by atoms with Crippen LogP contribution in [0.5, 0.6) is 0 Å². The third-order valence-electron chi connectivity index (χ3n) is 4.40. The number of carbonyl (C=O) groups is 3. The van der Waals surface area contributed by atoms with Gasteiger partial charge in [-0.2, -0.15) is 0 Å². The van der Waals surface area contributed by atoms with Gasteiger partial charge in [0.1, 0.15) is 6.04 Å². The van der Waals surface area contributed by atoms with Crippen LogP contribution < -0.4 is 5.32 Å². The molecule has 0 saturated carbocycles. The van der Waals surface area contributed by atoms with Crippen LogP contribution in [0.4, 0.5) is 0 Å². The third kappa shape index (κ3) is 6.59. The highest BCUT2D eigenvalue weighted by Crippen LogP contribution is 2.21. The van der Waals surface area contributed by atoms with Crippen LogP contribution >= 0.6 is 11.6 Å². The van der Waals surface area contributed by atoms with Gasteiger partial charge in [0.25, 0.3) is 11.8 Å². The minimum Gasteiger partial charge on any atom is -0.446 e. The highest BCUT2D eigenvalue weighted by molar-refractivity contribution is 6.30. The maximum Gasteiger partial charge on any atom is 0.329 e. The zero-order valence-corrected chi connectivity index (χ0v) is 18.3. The number of carbonyl (C=O) groups excluding carboxylic acids is 3. The molecule has 2 atom stereocenters. The van der Waals surface area contributed by atoms with E-state index in [1.165, 1.54) is 4.90 Å². The number of halogens is 1. The second-order valence-electron chi connectivity index (χ2n) is 7.62. The first kappa shape index (κ1) is 23.4. The van der Waals surface area contributed by atoms with E-state index in [-0.39, 0.29) is 11.8 Å². The molecule has 2 rings (SSSR count). The molecular weight excluding hydrogens is 404 g/mol. The Balaban J connectivity index is 2.22. The van der Waals surface area contributed by atoms with Crippen molar-refractivity contribution in [2.24, 2.45) is 5.92 Å². The van der Waals surface area contributed by atoms with E-state index in [0.29, 0.717) is 22.6 Å². The minimum absolute atomic E-state index is 0.118. The molecule has 6 nitrogen and oxygen atoms in total. The molecule has 1 N–H and O–H groups in total. The Morgan fingerprint density at radius 3 is 2.13 bits per heavy atom. The van der Waals surface area contributed by atoms with E-state index >= 15 is 0 Å². The molecule has 0 radical (unpaired) electrons. The van der Waals surface area contributed by atoms with Gasteiger partial charge in [0.15, 0.2) is 0 Å². The number of hydrogen-bond acceptors (Lipinski definition) is 4. The molecule has 0 aliphatic rings. The van der Waals surface area contributed by atoms with Crippen molar-refractivity contribution in [2.75, 3.05) is 14.1 Å². The fraction of sp³-hybridized carbons (Fsp3) is 0.348. The summed E-state index contributed by atoms with van der Waals surface area (Å²) in [6.45, 7) is 3.88. The van der Waals surface area contributed by atoms with Crippen molar-refractivity contribution in [3.05, 3.63) is 70.7 Å². The van der Waals surface area contributed by atoms with Crippen molar-refractivity contribution in [3.63, 3.8) is 0 Å². The quantitative estimate of drug-likeness (QED) is 0.645. The molecule has 2 aromatic rings. The molecule has 0 heterocycles. The summed E-state index contributed by atoms with van der Waals surface area (Å²) < 4.78 is 5.61. The molecule has 0 spiro atoms. The summed E-state index contributed by atoms with van der Waals surface area (Å²) in [4.78, 5) is 39.6. The van der Waals surface area contributed by atoms with Crippen LogP contribution in [0.15, 0.2) is 54.6 Å². The first-order chi connectivity index (χ1) is 14.2. The number of hydrogen-bond donors (Lipinski definition) is 1. The van der Waals surface area contributed by atoms with Crippen LogP contribution in [-0.4, -0.2) is 42.8 Å². The van der Waals surface area contributed by atoms with Gasteiger partial charge in [-0.05, 0) is 36.6 Å². The molecule has 0 aromatic heterocycles. The number of ether oxygens (including phenoxy) is 1. The molecule has 2 unspecified atom stereocenters. The molecule has 0 saturated heterocycles. The van der Waals surface area contributed by atoms with Crippen LogP contribution in [0, 0.1) is 5.92 Å². The van der Waals surface area contributed by atoms with Crippen LogP contribution in [0.2, 0.25) is 5.02 Å². The number of rotatable bonds is 8. The average molecular weight is 431 g/mol. The molecule has 7 heteroatoms. The molecule has 30 heavy (non-hydrogen) atoms. The Morgan fingerprint density at radius 1 is 1.00 bits per heavy atom. The lowest BCUT2D eigenvalue weighted by molar-refractivity contribution is -0.161. The molecule has 0 fully saturated rings. The van der Waals surface area contributed by atoms with E-state index in [9.17, 15) is 14.4 Å². The Kier molecular flexibility index (Phi) is 8.42. The number of nitrogens with one attached hydrogen (secondary N) is 1. The number of nitrogens with zero attached hydrogens (tertiary/aromatic N) is 1. The molecular formula is C23H27ClN2O4. The lowest BCUT2D eigenvalue weighted by Gasteiger charge is -2.25. The largest absolute Gasteiger partial charge is 0.446 e. The maximum absolute atomic E-state index is 13.0. The molecule has 2 aromatic carbocycles. The van der Waals surface area contributed by atoms with Gasteiger partial charge in [0.2, 0.25) is 6.10 Å². The molecule has 0 bridgehead atoms. The van der Waals surface area contributed by atoms with E-state index in [1.54, 1.807) is 62.6 Å². The summed E-state index contributed by atoms with van der Waals surface area (Å²) in [5.74, 6) is -1.31. The van der Waals surface area contributed by atoms with Gasteiger partial charge in [-0.25, -0.2) is 4.79 Å². The molecule has 160 valence electrons. The van der Waals surface area contributed by atoms with Crippen molar-refractivity contribution in [3.8, 4) is 0 Å². The first-order valence-corrected chi connectivity index (χ1v) is 10.1. The maximum atomic E-state index is 13.0. The van der Waals surface area contributed by atoms with Gasteiger partial charge < -0.3 is 15.0 Å². The highest BCUT2D eigenvalue weighted by atomic mass is 35.5. The predicted octanol–water partition coefficient (Wildman–Crippen LogP) is 3.86. The minimum atomic E-state index is -1.09. The van der Waals surface area contributed by atoms with Gasteiger partial charge in [0, 0.05) is 30.2 Å². The van der Waals surface area contributed by atoms with Gasteiger partial charge in [-0.15, -0.1) is 0 Å². The zero-order chi connectivity index (χ0) is 22.3. The molecule has 0 aliphatic carbocycles. The topological polar surface area (TPSA) is 75.7 Å².